The van der Waals surface area contributed by atoms with Gasteiger partial charge in [0.15, 0.2) is 9.84 Å². The van der Waals surface area contributed by atoms with Crippen LogP contribution in [0.1, 0.15) is 30.1 Å². The molecule has 1 N–H and O–H groups in total. The van der Waals surface area contributed by atoms with Crippen molar-refractivity contribution in [3.05, 3.63) is 28.2 Å². The second-order valence-electron chi connectivity index (χ2n) is 3.62. The smallest absolute Gasteiger partial charge is 0.336 e. The van der Waals surface area contributed by atoms with Crippen LogP contribution in [-0.4, -0.2) is 25.2 Å². The van der Waals surface area contributed by atoms with Gasteiger partial charge in [-0.05, 0) is 40.5 Å². The van der Waals surface area contributed by atoms with Crippen LogP contribution in [0.25, 0.3) is 0 Å². The molecule has 0 aromatic heterocycles. The van der Waals surface area contributed by atoms with Crippen molar-refractivity contribution >= 4 is 31.7 Å². The SMILES string of the molecule is CCCCS(=O)(=O)c1ccc(Br)c(C(=O)O)c1. The maximum atomic E-state index is 11.9. The van der Waals surface area contributed by atoms with Crippen molar-refractivity contribution < 1.29 is 18.3 Å². The molecule has 1 aromatic rings. The van der Waals surface area contributed by atoms with Crippen molar-refractivity contribution in [2.45, 2.75) is 24.7 Å². The number of halogens is 1. The summed E-state index contributed by atoms with van der Waals surface area (Å²) in [5.74, 6) is -1.10. The van der Waals surface area contributed by atoms with E-state index in [1.54, 1.807) is 0 Å². The maximum Gasteiger partial charge on any atom is 0.336 e. The second kappa shape index (κ2) is 5.64. The largest absolute Gasteiger partial charge is 0.478 e. The third-order valence-corrected chi connectivity index (χ3v) is 4.78. The van der Waals surface area contributed by atoms with Gasteiger partial charge in [-0.3, -0.25) is 0 Å². The molecule has 94 valence electrons. The highest BCUT2D eigenvalue weighted by atomic mass is 79.9. The lowest BCUT2D eigenvalue weighted by atomic mass is 10.2. The van der Waals surface area contributed by atoms with E-state index in [2.05, 4.69) is 15.9 Å². The van der Waals surface area contributed by atoms with E-state index < -0.39 is 15.8 Å². The van der Waals surface area contributed by atoms with Crippen molar-refractivity contribution in [3.8, 4) is 0 Å². The van der Waals surface area contributed by atoms with E-state index in [1.807, 2.05) is 6.92 Å². The van der Waals surface area contributed by atoms with Crippen LogP contribution in [0, 0.1) is 0 Å². The number of carbonyl (C=O) groups is 1. The first-order valence-electron chi connectivity index (χ1n) is 5.14. The fourth-order valence-corrected chi connectivity index (χ4v) is 3.21. The number of carboxylic acids is 1. The van der Waals surface area contributed by atoms with Crippen LogP contribution >= 0.6 is 15.9 Å². The summed E-state index contributed by atoms with van der Waals surface area (Å²) in [6, 6.07) is 4.06. The van der Waals surface area contributed by atoms with Crippen molar-refractivity contribution in [2.75, 3.05) is 5.75 Å². The molecule has 0 unspecified atom stereocenters. The maximum absolute atomic E-state index is 11.9. The van der Waals surface area contributed by atoms with Crippen LogP contribution in [0.5, 0.6) is 0 Å². The number of carboxylic acid groups (broad SMARTS) is 1. The molecular formula is C11H13BrO4S. The highest BCUT2D eigenvalue weighted by molar-refractivity contribution is 9.10. The topological polar surface area (TPSA) is 71.4 Å². The minimum atomic E-state index is -3.38. The molecule has 0 spiro atoms. The van der Waals surface area contributed by atoms with Crippen LogP contribution < -0.4 is 0 Å². The minimum absolute atomic E-state index is 0.0393. The molecule has 0 amide bonds. The Hall–Kier alpha value is -0.880. The molecule has 0 aliphatic heterocycles. The number of hydrogen-bond donors (Lipinski definition) is 1. The first-order valence-corrected chi connectivity index (χ1v) is 7.58. The Balaban J connectivity index is 3.16. The minimum Gasteiger partial charge on any atom is -0.478 e. The predicted molar refractivity (Wildman–Crippen MR) is 68.1 cm³/mol. The number of hydrogen-bond acceptors (Lipinski definition) is 3. The van der Waals surface area contributed by atoms with E-state index in [4.69, 9.17) is 5.11 Å². The van der Waals surface area contributed by atoms with Gasteiger partial charge in [0.05, 0.1) is 16.2 Å². The lowest BCUT2D eigenvalue weighted by Crippen LogP contribution is -2.08. The Morgan fingerprint density at radius 2 is 2.06 bits per heavy atom. The van der Waals surface area contributed by atoms with Gasteiger partial charge in [0, 0.05) is 4.47 Å². The first kappa shape index (κ1) is 14.2. The summed E-state index contributed by atoms with van der Waals surface area (Å²) in [5, 5.41) is 8.91. The second-order valence-corrected chi connectivity index (χ2v) is 6.58. The summed E-state index contributed by atoms with van der Waals surface area (Å²) in [6.07, 6.45) is 1.35. The number of aromatic carboxylic acids is 1. The Kier molecular flexibility index (Phi) is 4.70. The molecule has 0 atom stereocenters. The number of sulfone groups is 1. The van der Waals surface area contributed by atoms with Gasteiger partial charge in [-0.2, -0.15) is 0 Å². The van der Waals surface area contributed by atoms with Crippen LogP contribution in [0.4, 0.5) is 0 Å². The third-order valence-electron chi connectivity index (χ3n) is 2.29. The Morgan fingerprint density at radius 3 is 2.59 bits per heavy atom. The number of benzene rings is 1. The molecule has 17 heavy (non-hydrogen) atoms. The van der Waals surface area contributed by atoms with Crippen LogP contribution in [0.15, 0.2) is 27.6 Å². The lowest BCUT2D eigenvalue weighted by Gasteiger charge is -2.06. The van der Waals surface area contributed by atoms with Crippen LogP contribution in [-0.2, 0) is 9.84 Å². The van der Waals surface area contributed by atoms with E-state index in [1.165, 1.54) is 18.2 Å². The van der Waals surface area contributed by atoms with Gasteiger partial charge in [0.25, 0.3) is 0 Å². The quantitative estimate of drug-likeness (QED) is 0.905. The zero-order chi connectivity index (χ0) is 13.1. The fourth-order valence-electron chi connectivity index (χ4n) is 1.31. The monoisotopic (exact) mass is 320 g/mol. The van der Waals surface area contributed by atoms with Gasteiger partial charge in [-0.1, -0.05) is 13.3 Å². The molecule has 0 heterocycles. The lowest BCUT2D eigenvalue weighted by molar-refractivity contribution is 0.0695. The van der Waals surface area contributed by atoms with Crippen LogP contribution in [0.3, 0.4) is 0 Å². The number of rotatable bonds is 5. The van der Waals surface area contributed by atoms with E-state index >= 15 is 0 Å². The summed E-state index contributed by atoms with van der Waals surface area (Å²) in [4.78, 5) is 11.0. The molecular weight excluding hydrogens is 308 g/mol. The van der Waals surface area contributed by atoms with Gasteiger partial charge < -0.3 is 5.11 Å². The summed E-state index contributed by atoms with van der Waals surface area (Å²) >= 11 is 3.07. The molecule has 0 saturated heterocycles. The predicted octanol–water partition coefficient (Wildman–Crippen LogP) is 2.72. The Labute approximate surface area is 109 Å². The molecule has 0 radical (unpaired) electrons. The molecule has 0 saturated carbocycles. The molecule has 0 aliphatic carbocycles. The average molecular weight is 321 g/mol. The van der Waals surface area contributed by atoms with Gasteiger partial charge in [-0.15, -0.1) is 0 Å². The zero-order valence-corrected chi connectivity index (χ0v) is 11.7. The normalized spacial score (nSPS) is 11.4. The van der Waals surface area contributed by atoms with Crippen molar-refractivity contribution in [1.29, 1.82) is 0 Å². The summed E-state index contributed by atoms with van der Waals surface area (Å²) in [5.41, 5.74) is -0.0393. The highest BCUT2D eigenvalue weighted by Gasteiger charge is 2.17. The molecule has 0 aliphatic rings. The molecule has 6 heteroatoms. The van der Waals surface area contributed by atoms with Crippen LogP contribution in [0.2, 0.25) is 0 Å². The molecule has 1 rings (SSSR count). The van der Waals surface area contributed by atoms with E-state index in [0.717, 1.165) is 6.42 Å². The fraction of sp³-hybridized carbons (Fsp3) is 0.364. The van der Waals surface area contributed by atoms with Gasteiger partial charge in [0.1, 0.15) is 0 Å². The summed E-state index contributed by atoms with van der Waals surface area (Å²) < 4.78 is 24.1. The molecule has 0 fully saturated rings. The van der Waals surface area contributed by atoms with Crippen molar-refractivity contribution in [3.63, 3.8) is 0 Å². The first-order chi connectivity index (χ1) is 7.88. The van der Waals surface area contributed by atoms with Gasteiger partial charge in [-0.25, -0.2) is 13.2 Å². The van der Waals surface area contributed by atoms with Crippen molar-refractivity contribution in [2.24, 2.45) is 0 Å². The van der Waals surface area contributed by atoms with E-state index in [-0.39, 0.29) is 16.2 Å². The van der Waals surface area contributed by atoms with E-state index in [9.17, 15) is 13.2 Å². The Morgan fingerprint density at radius 1 is 1.41 bits per heavy atom. The van der Waals surface area contributed by atoms with E-state index in [0.29, 0.717) is 10.9 Å². The average Bonchev–Trinajstić information content (AvgIpc) is 2.26. The van der Waals surface area contributed by atoms with Gasteiger partial charge >= 0.3 is 5.97 Å². The Bertz CT molecular complexity index is 522. The van der Waals surface area contributed by atoms with Crippen molar-refractivity contribution in [1.82, 2.24) is 0 Å². The summed E-state index contributed by atoms with van der Waals surface area (Å²) in [7, 11) is -3.38. The molecule has 1 aromatic carbocycles. The zero-order valence-electron chi connectivity index (χ0n) is 9.31. The molecule has 0 bridgehead atoms. The standard InChI is InChI=1S/C11H13BrO4S/c1-2-3-6-17(15,16)8-4-5-10(12)9(7-8)11(13)14/h4-5,7H,2-3,6H2,1H3,(H,13,14). The van der Waals surface area contributed by atoms with Gasteiger partial charge in [0.2, 0.25) is 0 Å². The molecule has 4 nitrogen and oxygen atoms in total. The highest BCUT2D eigenvalue weighted by Crippen LogP contribution is 2.22. The third kappa shape index (κ3) is 3.54. The number of unbranched alkanes of at least 4 members (excludes halogenated alkanes) is 1. The summed E-state index contributed by atoms with van der Waals surface area (Å²) in [6.45, 7) is 1.90.